The van der Waals surface area contributed by atoms with E-state index in [-0.39, 0.29) is 17.5 Å². The zero-order chi connectivity index (χ0) is 25.5. The highest BCUT2D eigenvalue weighted by Crippen LogP contribution is 2.34. The Labute approximate surface area is 211 Å². The number of halogens is 2. The first-order chi connectivity index (χ1) is 18.0. The molecular weight excluding hydrogens is 476 g/mol. The van der Waals surface area contributed by atoms with E-state index in [9.17, 15) is 18.7 Å². The minimum Gasteiger partial charge on any atom is -0.503 e. The minimum absolute atomic E-state index is 0.145. The number of carbonyl (C=O) groups excluding carboxylic acids is 1. The number of nitrogens with one attached hydrogen (secondary N) is 1. The smallest absolute Gasteiger partial charge is 0.251 e. The van der Waals surface area contributed by atoms with Gasteiger partial charge in [-0.15, -0.1) is 0 Å². The van der Waals surface area contributed by atoms with E-state index in [2.05, 4.69) is 39.5 Å². The van der Waals surface area contributed by atoms with Gasteiger partial charge in [-0.3, -0.25) is 9.48 Å². The topological polar surface area (TPSA) is 84.5 Å². The number of phenols is 1. The normalized spacial score (nSPS) is 17.9. The molecule has 1 aliphatic rings. The van der Waals surface area contributed by atoms with E-state index in [4.69, 9.17) is 5.10 Å². The van der Waals surface area contributed by atoms with Crippen LogP contribution in [0.15, 0.2) is 67.1 Å². The molecule has 3 aromatic heterocycles. The summed E-state index contributed by atoms with van der Waals surface area (Å²) in [4.78, 5) is 12.3. The molecule has 37 heavy (non-hydrogen) atoms. The standard InChI is InChI=1S/C28H25F2N5O2/c29-23-11-20(12-24(30)27(23)36)28(37)31-14-17-4-8-21(9-5-17)35-16-19-7-6-18(13-25(19)33-35)22-15-32-34-10-2-1-3-26(22)34/h1-3,6-7,10-13,15-17,21,36H,4-5,8-9,14H2,(H,31,37). The number of amides is 1. The Kier molecular flexibility index (Phi) is 5.82. The summed E-state index contributed by atoms with van der Waals surface area (Å²) in [5.74, 6) is -3.65. The van der Waals surface area contributed by atoms with Gasteiger partial charge in [0.15, 0.2) is 17.4 Å². The van der Waals surface area contributed by atoms with Crippen molar-refractivity contribution in [2.45, 2.75) is 31.7 Å². The van der Waals surface area contributed by atoms with Gasteiger partial charge < -0.3 is 10.4 Å². The average molecular weight is 502 g/mol. The molecule has 2 aromatic carbocycles. The van der Waals surface area contributed by atoms with Crippen molar-refractivity contribution in [2.75, 3.05) is 6.54 Å². The Morgan fingerprint density at radius 2 is 1.84 bits per heavy atom. The number of aromatic nitrogens is 4. The Hall–Kier alpha value is -4.27. The SMILES string of the molecule is O=C(NCC1CCC(n2cc3ccc(-c4cnn5ccccc45)cc3n2)CC1)c1cc(F)c(O)c(F)c1. The molecule has 0 saturated heterocycles. The fourth-order valence-electron chi connectivity index (χ4n) is 5.20. The van der Waals surface area contributed by atoms with Crippen molar-refractivity contribution in [2.24, 2.45) is 5.92 Å². The highest BCUT2D eigenvalue weighted by molar-refractivity contribution is 5.94. The lowest BCUT2D eigenvalue weighted by molar-refractivity contribution is 0.0940. The van der Waals surface area contributed by atoms with Crippen LogP contribution in [-0.2, 0) is 0 Å². The summed E-state index contributed by atoms with van der Waals surface area (Å²) in [6.07, 6.45) is 9.58. The largest absolute Gasteiger partial charge is 0.503 e. The summed E-state index contributed by atoms with van der Waals surface area (Å²) in [6.45, 7) is 0.430. The van der Waals surface area contributed by atoms with Gasteiger partial charge >= 0.3 is 0 Å². The Bertz CT molecular complexity index is 1590. The van der Waals surface area contributed by atoms with Gasteiger partial charge in [0.2, 0.25) is 0 Å². The van der Waals surface area contributed by atoms with E-state index < -0.39 is 23.3 Å². The number of phenolic OH excluding ortho intramolecular Hbond substituents is 1. The molecule has 1 aliphatic carbocycles. The van der Waals surface area contributed by atoms with Crippen molar-refractivity contribution < 1.29 is 18.7 Å². The van der Waals surface area contributed by atoms with Crippen molar-refractivity contribution in [3.63, 3.8) is 0 Å². The minimum atomic E-state index is -1.15. The maximum absolute atomic E-state index is 13.6. The Morgan fingerprint density at radius 1 is 1.05 bits per heavy atom. The lowest BCUT2D eigenvalue weighted by Crippen LogP contribution is -2.31. The molecule has 1 fully saturated rings. The first kappa shape index (κ1) is 23.1. The van der Waals surface area contributed by atoms with Gasteiger partial charge in [0.25, 0.3) is 5.91 Å². The number of carbonyl (C=O) groups is 1. The molecule has 0 aliphatic heterocycles. The average Bonchev–Trinajstić information content (AvgIpc) is 3.54. The van der Waals surface area contributed by atoms with Crippen LogP contribution in [-0.4, -0.2) is 37.0 Å². The predicted molar refractivity (Wildman–Crippen MR) is 135 cm³/mol. The van der Waals surface area contributed by atoms with Gasteiger partial charge in [-0.05, 0) is 67.5 Å². The number of fused-ring (bicyclic) bond motifs is 2. The van der Waals surface area contributed by atoms with Crippen molar-refractivity contribution in [3.05, 3.63) is 84.3 Å². The number of nitrogens with zero attached hydrogens (tertiary/aromatic N) is 4. The third kappa shape index (κ3) is 4.41. The van der Waals surface area contributed by atoms with E-state index in [1.165, 1.54) is 0 Å². The first-order valence-corrected chi connectivity index (χ1v) is 12.3. The molecule has 3 heterocycles. The molecule has 0 atom stereocenters. The molecule has 1 saturated carbocycles. The van der Waals surface area contributed by atoms with Crippen molar-refractivity contribution >= 4 is 22.3 Å². The van der Waals surface area contributed by atoms with Gasteiger partial charge in [-0.1, -0.05) is 18.2 Å². The van der Waals surface area contributed by atoms with E-state index >= 15 is 0 Å². The van der Waals surface area contributed by atoms with Crippen LogP contribution < -0.4 is 5.32 Å². The molecule has 2 N–H and O–H groups in total. The fourth-order valence-corrected chi connectivity index (χ4v) is 5.20. The molecule has 1 amide bonds. The third-order valence-electron chi connectivity index (χ3n) is 7.28. The number of hydrogen-bond acceptors (Lipinski definition) is 4. The molecule has 0 bridgehead atoms. The van der Waals surface area contributed by atoms with Crippen LogP contribution in [0, 0.1) is 17.6 Å². The van der Waals surface area contributed by atoms with Crippen LogP contribution >= 0.6 is 0 Å². The highest BCUT2D eigenvalue weighted by Gasteiger charge is 2.24. The summed E-state index contributed by atoms with van der Waals surface area (Å²) in [5.41, 5.74) is 3.99. The predicted octanol–water partition coefficient (Wildman–Crippen LogP) is 5.50. The lowest BCUT2D eigenvalue weighted by atomic mass is 9.86. The summed E-state index contributed by atoms with van der Waals surface area (Å²) in [5, 5.41) is 22.4. The summed E-state index contributed by atoms with van der Waals surface area (Å²) in [6, 6.07) is 14.3. The summed E-state index contributed by atoms with van der Waals surface area (Å²) >= 11 is 0. The highest BCUT2D eigenvalue weighted by atomic mass is 19.1. The monoisotopic (exact) mass is 501 g/mol. The molecule has 9 heteroatoms. The summed E-state index contributed by atoms with van der Waals surface area (Å²) in [7, 11) is 0. The fraction of sp³-hybridized carbons (Fsp3) is 0.250. The first-order valence-electron chi connectivity index (χ1n) is 12.3. The second-order valence-electron chi connectivity index (χ2n) is 9.64. The number of hydrogen-bond donors (Lipinski definition) is 2. The Balaban J connectivity index is 1.09. The maximum atomic E-state index is 13.6. The van der Waals surface area contributed by atoms with E-state index in [0.29, 0.717) is 6.54 Å². The van der Waals surface area contributed by atoms with Crippen LogP contribution in [0.3, 0.4) is 0 Å². The van der Waals surface area contributed by atoms with Crippen molar-refractivity contribution in [1.82, 2.24) is 24.7 Å². The number of pyridine rings is 1. The van der Waals surface area contributed by atoms with Crippen LogP contribution in [0.2, 0.25) is 0 Å². The zero-order valence-corrected chi connectivity index (χ0v) is 19.9. The van der Waals surface area contributed by atoms with Gasteiger partial charge in [0, 0.05) is 35.5 Å². The van der Waals surface area contributed by atoms with Crippen molar-refractivity contribution in [1.29, 1.82) is 0 Å². The van der Waals surface area contributed by atoms with Crippen LogP contribution in [0.5, 0.6) is 5.75 Å². The third-order valence-corrected chi connectivity index (χ3v) is 7.28. The zero-order valence-electron chi connectivity index (χ0n) is 19.9. The molecule has 6 rings (SSSR count). The second-order valence-corrected chi connectivity index (χ2v) is 9.64. The number of benzene rings is 2. The molecular formula is C28H25F2N5O2. The molecule has 0 radical (unpaired) electrons. The second kappa shape index (κ2) is 9.31. The van der Waals surface area contributed by atoms with E-state index in [0.717, 1.165) is 65.4 Å². The quantitative estimate of drug-likeness (QED) is 0.333. The van der Waals surface area contributed by atoms with E-state index in [1.54, 1.807) is 0 Å². The number of rotatable bonds is 5. The van der Waals surface area contributed by atoms with Gasteiger partial charge in [-0.25, -0.2) is 13.3 Å². The number of aromatic hydroxyl groups is 1. The molecule has 0 spiro atoms. The Morgan fingerprint density at radius 3 is 2.62 bits per heavy atom. The molecule has 188 valence electrons. The van der Waals surface area contributed by atoms with Gasteiger partial charge in [0.1, 0.15) is 0 Å². The molecule has 7 nitrogen and oxygen atoms in total. The maximum Gasteiger partial charge on any atom is 0.251 e. The van der Waals surface area contributed by atoms with Crippen LogP contribution in [0.1, 0.15) is 42.1 Å². The van der Waals surface area contributed by atoms with Crippen LogP contribution in [0.25, 0.3) is 27.5 Å². The lowest BCUT2D eigenvalue weighted by Gasteiger charge is -2.28. The van der Waals surface area contributed by atoms with Gasteiger partial charge in [-0.2, -0.15) is 10.2 Å². The molecule has 5 aromatic rings. The van der Waals surface area contributed by atoms with Gasteiger partial charge in [0.05, 0.1) is 23.3 Å². The van der Waals surface area contributed by atoms with E-state index in [1.807, 2.05) is 35.1 Å². The molecule has 0 unspecified atom stereocenters. The van der Waals surface area contributed by atoms with Crippen LogP contribution in [0.4, 0.5) is 8.78 Å². The van der Waals surface area contributed by atoms with Crippen molar-refractivity contribution in [3.8, 4) is 16.9 Å². The summed E-state index contributed by atoms with van der Waals surface area (Å²) < 4.78 is 31.0.